The van der Waals surface area contributed by atoms with Gasteiger partial charge < -0.3 is 20.1 Å². The average molecular weight is 489 g/mol. The van der Waals surface area contributed by atoms with Gasteiger partial charge in [-0.25, -0.2) is 0 Å². The van der Waals surface area contributed by atoms with Crippen molar-refractivity contribution < 1.29 is 9.47 Å². The highest BCUT2D eigenvalue weighted by atomic mass is 127. The minimum absolute atomic E-state index is 0. The van der Waals surface area contributed by atoms with Crippen LogP contribution in [0.25, 0.3) is 0 Å². The highest BCUT2D eigenvalue weighted by Crippen LogP contribution is 2.12. The predicted octanol–water partition coefficient (Wildman–Crippen LogP) is 3.62. The number of rotatable bonds is 11. The van der Waals surface area contributed by atoms with Gasteiger partial charge in [0.1, 0.15) is 0 Å². The molecular weight excluding hydrogens is 453 g/mol. The zero-order valence-electron chi connectivity index (χ0n) is 16.8. The first kappa shape index (κ1) is 24.2. The molecule has 0 spiro atoms. The van der Waals surface area contributed by atoms with E-state index < -0.39 is 0 Å². The summed E-state index contributed by atoms with van der Waals surface area (Å²) in [7, 11) is 0. The molecule has 1 aromatic rings. The molecule has 2 unspecified atom stereocenters. The van der Waals surface area contributed by atoms with Gasteiger partial charge in [-0.15, -0.1) is 24.0 Å². The van der Waals surface area contributed by atoms with Crippen LogP contribution < -0.4 is 10.6 Å². The summed E-state index contributed by atoms with van der Waals surface area (Å²) in [6, 6.07) is 11.0. The Kier molecular flexibility index (Phi) is 13.5. The van der Waals surface area contributed by atoms with Gasteiger partial charge in [0.2, 0.25) is 0 Å². The van der Waals surface area contributed by atoms with E-state index in [0.29, 0.717) is 12.0 Å². The van der Waals surface area contributed by atoms with Gasteiger partial charge in [-0.05, 0) is 45.1 Å². The lowest BCUT2D eigenvalue weighted by Crippen LogP contribution is -2.42. The number of aliphatic imine (C=N–C) groups is 1. The number of benzene rings is 1. The Morgan fingerprint density at radius 1 is 1.33 bits per heavy atom. The summed E-state index contributed by atoms with van der Waals surface area (Å²) in [5, 5.41) is 6.83. The van der Waals surface area contributed by atoms with Crippen molar-refractivity contribution in [1.82, 2.24) is 10.6 Å². The lowest BCUT2D eigenvalue weighted by atomic mass is 10.1. The Morgan fingerprint density at radius 2 is 2.15 bits per heavy atom. The maximum atomic E-state index is 5.74. The molecule has 6 heteroatoms. The maximum absolute atomic E-state index is 5.74. The van der Waals surface area contributed by atoms with Crippen LogP contribution in [0.3, 0.4) is 0 Å². The van der Waals surface area contributed by atoms with Crippen LogP contribution in [0.15, 0.2) is 35.3 Å². The first-order valence-electron chi connectivity index (χ1n) is 10.0. The summed E-state index contributed by atoms with van der Waals surface area (Å²) in [5.74, 6) is 1.49. The fourth-order valence-electron chi connectivity index (χ4n) is 2.98. The van der Waals surface area contributed by atoms with Crippen LogP contribution in [-0.2, 0) is 15.9 Å². The van der Waals surface area contributed by atoms with Crippen LogP contribution in [-0.4, -0.2) is 51.5 Å². The van der Waals surface area contributed by atoms with E-state index >= 15 is 0 Å². The van der Waals surface area contributed by atoms with Crippen molar-refractivity contribution >= 4 is 29.9 Å². The third kappa shape index (κ3) is 10.9. The molecule has 1 aliphatic heterocycles. The second-order valence-electron chi connectivity index (χ2n) is 6.99. The van der Waals surface area contributed by atoms with Gasteiger partial charge in [0.15, 0.2) is 5.96 Å². The molecular formula is C21H36IN3O2. The Morgan fingerprint density at radius 3 is 2.85 bits per heavy atom. The Hall–Kier alpha value is -0.860. The molecule has 1 aliphatic rings. The summed E-state index contributed by atoms with van der Waals surface area (Å²) >= 11 is 0. The minimum atomic E-state index is 0. The lowest BCUT2D eigenvalue weighted by molar-refractivity contribution is 0.0893. The van der Waals surface area contributed by atoms with Crippen LogP contribution in [0.2, 0.25) is 0 Å². The molecule has 0 saturated carbocycles. The lowest BCUT2D eigenvalue weighted by Gasteiger charge is -2.18. The Balaban J connectivity index is 0.00000364. The predicted molar refractivity (Wildman–Crippen MR) is 123 cm³/mol. The number of nitrogens with zero attached hydrogens (tertiary/aromatic N) is 1. The van der Waals surface area contributed by atoms with E-state index in [1.165, 1.54) is 5.56 Å². The zero-order chi connectivity index (χ0) is 18.5. The topological polar surface area (TPSA) is 54.9 Å². The molecule has 2 atom stereocenters. The quantitative estimate of drug-likeness (QED) is 0.216. The molecule has 0 aromatic heterocycles. The smallest absolute Gasteiger partial charge is 0.191 e. The van der Waals surface area contributed by atoms with Crippen molar-refractivity contribution in [2.75, 3.05) is 39.5 Å². The van der Waals surface area contributed by atoms with Crippen LogP contribution in [0, 0.1) is 5.92 Å². The summed E-state index contributed by atoms with van der Waals surface area (Å²) in [4.78, 5) is 4.67. The summed E-state index contributed by atoms with van der Waals surface area (Å²) in [5.41, 5.74) is 1.38. The van der Waals surface area contributed by atoms with E-state index in [0.717, 1.165) is 71.2 Å². The number of guanidine groups is 1. The van der Waals surface area contributed by atoms with Gasteiger partial charge in [-0.3, -0.25) is 4.99 Å². The summed E-state index contributed by atoms with van der Waals surface area (Å²) in [6.45, 7) is 9.28. The molecule has 1 saturated heterocycles. The fraction of sp³-hybridized carbons (Fsp3) is 0.667. The maximum Gasteiger partial charge on any atom is 0.191 e. The van der Waals surface area contributed by atoms with Gasteiger partial charge in [-0.1, -0.05) is 30.3 Å². The van der Waals surface area contributed by atoms with Crippen LogP contribution in [0.1, 0.15) is 38.7 Å². The largest absolute Gasteiger partial charge is 0.381 e. The zero-order valence-corrected chi connectivity index (χ0v) is 19.1. The molecule has 0 amide bonds. The van der Waals surface area contributed by atoms with Crippen LogP contribution >= 0.6 is 24.0 Å². The fourth-order valence-corrected chi connectivity index (χ4v) is 2.98. The second kappa shape index (κ2) is 15.1. The monoisotopic (exact) mass is 489 g/mol. The molecule has 2 rings (SSSR count). The molecule has 154 valence electrons. The molecule has 1 aromatic carbocycles. The Labute approximate surface area is 181 Å². The van der Waals surface area contributed by atoms with E-state index in [2.05, 4.69) is 59.8 Å². The van der Waals surface area contributed by atoms with E-state index in [4.69, 9.17) is 9.47 Å². The van der Waals surface area contributed by atoms with Gasteiger partial charge in [0, 0.05) is 38.3 Å². The molecule has 0 bridgehead atoms. The van der Waals surface area contributed by atoms with Crippen LogP contribution in [0.5, 0.6) is 0 Å². The third-order valence-corrected chi connectivity index (χ3v) is 4.53. The van der Waals surface area contributed by atoms with E-state index in [1.54, 1.807) is 0 Å². The Bertz CT molecular complexity index is 507. The third-order valence-electron chi connectivity index (χ3n) is 4.53. The SMILES string of the molecule is CCNC(=NCCCOCC1CCOC1)NC(C)CCc1ccccc1.I. The second-order valence-corrected chi connectivity index (χ2v) is 6.99. The number of hydrogen-bond acceptors (Lipinski definition) is 3. The number of ether oxygens (including phenoxy) is 2. The number of halogens is 1. The van der Waals surface area contributed by atoms with Crippen molar-refractivity contribution in [2.24, 2.45) is 10.9 Å². The summed E-state index contributed by atoms with van der Waals surface area (Å²) in [6.07, 6.45) is 4.24. The minimum Gasteiger partial charge on any atom is -0.381 e. The standard InChI is InChI=1S/C21H35N3O2.HI/c1-3-22-21(23-13-7-14-25-16-20-12-15-26-17-20)24-18(2)10-11-19-8-5-4-6-9-19;/h4-6,8-9,18,20H,3,7,10-17H2,1-2H3,(H2,22,23,24);1H. The van der Waals surface area contributed by atoms with E-state index in [9.17, 15) is 0 Å². The molecule has 1 heterocycles. The normalized spacial score (nSPS) is 18.0. The highest BCUT2D eigenvalue weighted by molar-refractivity contribution is 14.0. The molecule has 5 nitrogen and oxygen atoms in total. The number of nitrogens with one attached hydrogen (secondary N) is 2. The van der Waals surface area contributed by atoms with Gasteiger partial charge in [0.05, 0.1) is 13.2 Å². The van der Waals surface area contributed by atoms with Gasteiger partial charge in [0.25, 0.3) is 0 Å². The molecule has 0 aliphatic carbocycles. The van der Waals surface area contributed by atoms with E-state index in [-0.39, 0.29) is 24.0 Å². The van der Waals surface area contributed by atoms with Crippen molar-refractivity contribution in [3.8, 4) is 0 Å². The van der Waals surface area contributed by atoms with Crippen molar-refractivity contribution in [3.63, 3.8) is 0 Å². The first-order valence-corrected chi connectivity index (χ1v) is 10.0. The summed E-state index contributed by atoms with van der Waals surface area (Å²) < 4.78 is 11.1. The molecule has 27 heavy (non-hydrogen) atoms. The first-order chi connectivity index (χ1) is 12.8. The van der Waals surface area contributed by atoms with Crippen molar-refractivity contribution in [2.45, 2.75) is 45.6 Å². The van der Waals surface area contributed by atoms with Gasteiger partial charge in [-0.2, -0.15) is 0 Å². The highest BCUT2D eigenvalue weighted by Gasteiger charge is 2.15. The molecule has 2 N–H and O–H groups in total. The average Bonchev–Trinajstić information content (AvgIpc) is 3.17. The van der Waals surface area contributed by atoms with E-state index in [1.807, 2.05) is 0 Å². The van der Waals surface area contributed by atoms with Crippen molar-refractivity contribution in [3.05, 3.63) is 35.9 Å². The number of hydrogen-bond donors (Lipinski definition) is 2. The van der Waals surface area contributed by atoms with Crippen molar-refractivity contribution in [1.29, 1.82) is 0 Å². The molecule has 1 fully saturated rings. The molecule has 0 radical (unpaired) electrons. The van der Waals surface area contributed by atoms with Gasteiger partial charge >= 0.3 is 0 Å². The number of aryl methyl sites for hydroxylation is 1. The van der Waals surface area contributed by atoms with Crippen LogP contribution in [0.4, 0.5) is 0 Å².